The van der Waals surface area contributed by atoms with Gasteiger partial charge in [0, 0.05) is 42.3 Å². The number of anilines is 2. The Hall–Kier alpha value is -2.94. The van der Waals surface area contributed by atoms with Crippen LogP contribution < -0.4 is 10.0 Å². The van der Waals surface area contributed by atoms with Gasteiger partial charge in [-0.15, -0.1) is 0 Å². The predicted octanol–water partition coefficient (Wildman–Crippen LogP) is 4.31. The summed E-state index contributed by atoms with van der Waals surface area (Å²) in [6.45, 7) is 8.51. The van der Waals surface area contributed by atoms with Gasteiger partial charge in [0.25, 0.3) is 0 Å². The molecule has 3 N–H and O–H groups in total. The van der Waals surface area contributed by atoms with Crippen molar-refractivity contribution >= 4 is 58.5 Å². The van der Waals surface area contributed by atoms with E-state index in [4.69, 9.17) is 4.98 Å². The molecule has 1 aliphatic rings. The predicted molar refractivity (Wildman–Crippen MR) is 162 cm³/mol. The van der Waals surface area contributed by atoms with E-state index in [2.05, 4.69) is 40.5 Å². The molecule has 1 saturated heterocycles. The molecule has 0 unspecified atom stereocenters. The van der Waals surface area contributed by atoms with E-state index in [0.29, 0.717) is 42.2 Å². The summed E-state index contributed by atoms with van der Waals surface area (Å²) in [6.07, 6.45) is 3.53. The third-order valence-corrected chi connectivity index (χ3v) is 10.2. The van der Waals surface area contributed by atoms with E-state index in [9.17, 15) is 16.8 Å². The molecule has 5 rings (SSSR count). The summed E-state index contributed by atoms with van der Waals surface area (Å²) in [5.41, 5.74) is 7.15. The molecule has 1 fully saturated rings. The van der Waals surface area contributed by atoms with Gasteiger partial charge in [0.05, 0.1) is 33.5 Å². The lowest BCUT2D eigenvalue weighted by atomic mass is 10.1. The zero-order valence-corrected chi connectivity index (χ0v) is 26.1. The Morgan fingerprint density at radius 2 is 1.90 bits per heavy atom. The summed E-state index contributed by atoms with van der Waals surface area (Å²) in [5, 5.41) is 3.50. The number of H-pyrrole nitrogens is 1. The van der Waals surface area contributed by atoms with E-state index < -0.39 is 20.0 Å². The average molecular weight is 651 g/mol. The largest absolute Gasteiger partial charge is 0.378 e. The maximum Gasteiger partial charge on any atom is 0.229 e. The lowest BCUT2D eigenvalue weighted by Gasteiger charge is -2.17. The normalized spacial score (nSPS) is 16.6. The lowest BCUT2D eigenvalue weighted by molar-refractivity contribution is 0.476. The number of aryl methyl sites for hydroxylation is 2. The second-order valence-electron chi connectivity index (χ2n) is 10.1. The van der Waals surface area contributed by atoms with Crippen LogP contribution in [0.4, 0.5) is 11.4 Å². The second kappa shape index (κ2) is 10.5. The van der Waals surface area contributed by atoms with Gasteiger partial charge in [0.15, 0.2) is 5.65 Å². The fourth-order valence-electron chi connectivity index (χ4n) is 5.18. The first kappa shape index (κ1) is 28.6. The van der Waals surface area contributed by atoms with Crippen LogP contribution in [0.2, 0.25) is 0 Å². The average Bonchev–Trinajstić information content (AvgIpc) is 3.59. The van der Waals surface area contributed by atoms with Gasteiger partial charge in [-0.1, -0.05) is 6.07 Å². The van der Waals surface area contributed by atoms with Crippen LogP contribution in [0.1, 0.15) is 30.3 Å². The van der Waals surface area contributed by atoms with Crippen molar-refractivity contribution in [3.05, 3.63) is 51.9 Å². The molecule has 1 aliphatic heterocycles. The molecule has 3 aromatic heterocycles. The van der Waals surface area contributed by atoms with Crippen LogP contribution in [0.15, 0.2) is 34.9 Å². The number of hydrogen-bond acceptors (Lipinski definition) is 7. The van der Waals surface area contributed by atoms with E-state index in [1.807, 2.05) is 39.0 Å². The van der Waals surface area contributed by atoms with Gasteiger partial charge >= 0.3 is 0 Å². The van der Waals surface area contributed by atoms with Gasteiger partial charge in [-0.2, -0.15) is 4.31 Å². The van der Waals surface area contributed by atoms with Gasteiger partial charge < -0.3 is 14.9 Å². The summed E-state index contributed by atoms with van der Waals surface area (Å²) in [5.74, 6) is 0.731. The summed E-state index contributed by atoms with van der Waals surface area (Å²) in [4.78, 5) is 12.8. The lowest BCUT2D eigenvalue weighted by Crippen LogP contribution is -2.32. The highest BCUT2D eigenvalue weighted by atomic mass is 79.9. The molecule has 14 heteroatoms. The number of aromatic nitrogens is 4. The number of nitrogens with one attached hydrogen (secondary N) is 3. The van der Waals surface area contributed by atoms with E-state index in [1.165, 1.54) is 4.31 Å². The number of halogens is 1. The summed E-state index contributed by atoms with van der Waals surface area (Å²) in [7, 11) is -6.65. The van der Waals surface area contributed by atoms with Crippen molar-refractivity contribution in [3.8, 4) is 17.1 Å². The van der Waals surface area contributed by atoms with Crippen LogP contribution in [0.5, 0.6) is 0 Å². The minimum Gasteiger partial charge on any atom is -0.378 e. The smallest absolute Gasteiger partial charge is 0.229 e. The zero-order chi connectivity index (χ0) is 29.0. The van der Waals surface area contributed by atoms with Crippen molar-refractivity contribution in [3.63, 3.8) is 0 Å². The van der Waals surface area contributed by atoms with E-state index in [-0.39, 0.29) is 11.8 Å². The monoisotopic (exact) mass is 649 g/mol. The van der Waals surface area contributed by atoms with Crippen molar-refractivity contribution in [1.82, 2.24) is 23.8 Å². The number of hydrogen-bond donors (Lipinski definition) is 3. The fraction of sp³-hybridized carbons (Fsp3) is 0.385. The molecule has 1 atom stereocenters. The first-order valence-electron chi connectivity index (χ1n) is 12.8. The molecule has 1 aromatic carbocycles. The summed E-state index contributed by atoms with van der Waals surface area (Å²) < 4.78 is 55.2. The number of nitrogens with zero attached hydrogens (tertiary/aromatic N) is 4. The Bertz CT molecular complexity index is 1830. The Morgan fingerprint density at radius 1 is 1.15 bits per heavy atom. The number of benzene rings is 1. The number of imidazole rings is 1. The zero-order valence-electron chi connectivity index (χ0n) is 22.9. The molecule has 0 spiro atoms. The third-order valence-electron chi connectivity index (χ3n) is 7.16. The van der Waals surface area contributed by atoms with Crippen molar-refractivity contribution in [1.29, 1.82) is 0 Å². The highest BCUT2D eigenvalue weighted by molar-refractivity contribution is 9.10. The van der Waals surface area contributed by atoms with Crippen molar-refractivity contribution in [2.24, 2.45) is 0 Å². The molecule has 4 aromatic rings. The van der Waals surface area contributed by atoms with Crippen LogP contribution >= 0.6 is 15.9 Å². The topological polar surface area (TPSA) is 142 Å². The van der Waals surface area contributed by atoms with E-state index >= 15 is 0 Å². The molecule has 0 bridgehead atoms. The number of sulfonamides is 2. The fourth-order valence-corrected chi connectivity index (χ4v) is 7.30. The molecule has 0 radical (unpaired) electrons. The van der Waals surface area contributed by atoms with Gasteiger partial charge in [-0.25, -0.2) is 26.8 Å². The molecular formula is C26H32BrN7O4S2. The molecule has 0 amide bonds. The molecule has 0 aliphatic carbocycles. The second-order valence-corrected chi connectivity index (χ2v) is 15.0. The van der Waals surface area contributed by atoms with Crippen LogP contribution in [0.25, 0.3) is 28.2 Å². The molecular weight excluding hydrogens is 618 g/mol. The number of pyridine rings is 1. The van der Waals surface area contributed by atoms with Crippen LogP contribution in [0.3, 0.4) is 0 Å². The SMILES string of the molecule is CCS(=O)(=O)N1CC[C@H](Nc2c(Br)cnc3[nH]c(-c4cc(C)n(-c5cc(NS(C)(=O)=O)ccc5C)c4C)nc23)C1. The van der Waals surface area contributed by atoms with Gasteiger partial charge in [-0.05, 0) is 73.8 Å². The molecule has 0 saturated carbocycles. The Labute approximate surface area is 242 Å². The van der Waals surface area contributed by atoms with Crippen molar-refractivity contribution < 1.29 is 16.8 Å². The summed E-state index contributed by atoms with van der Waals surface area (Å²) in [6, 6.07) is 7.44. The highest BCUT2D eigenvalue weighted by Gasteiger charge is 2.31. The number of rotatable bonds is 8. The molecule has 40 heavy (non-hydrogen) atoms. The Kier molecular flexibility index (Phi) is 7.48. The number of aromatic amines is 1. The van der Waals surface area contributed by atoms with Crippen molar-refractivity contribution in [2.75, 3.05) is 35.1 Å². The van der Waals surface area contributed by atoms with Gasteiger partial charge in [0.2, 0.25) is 20.0 Å². The molecule has 11 nitrogen and oxygen atoms in total. The van der Waals surface area contributed by atoms with Crippen molar-refractivity contribution in [2.45, 2.75) is 40.2 Å². The first-order chi connectivity index (χ1) is 18.8. The maximum absolute atomic E-state index is 12.3. The van der Waals surface area contributed by atoms with Crippen LogP contribution in [-0.4, -0.2) is 71.8 Å². The minimum atomic E-state index is -3.41. The van der Waals surface area contributed by atoms with Crippen LogP contribution in [0, 0.1) is 20.8 Å². The Morgan fingerprint density at radius 3 is 2.60 bits per heavy atom. The first-order valence-corrected chi connectivity index (χ1v) is 17.1. The molecule has 4 heterocycles. The van der Waals surface area contributed by atoms with Gasteiger partial charge in [0.1, 0.15) is 11.3 Å². The minimum absolute atomic E-state index is 0.0516. The highest BCUT2D eigenvalue weighted by Crippen LogP contribution is 2.35. The maximum atomic E-state index is 12.3. The van der Waals surface area contributed by atoms with Gasteiger partial charge in [-0.3, -0.25) is 4.72 Å². The molecule has 214 valence electrons. The van der Waals surface area contributed by atoms with E-state index in [1.54, 1.807) is 19.2 Å². The summed E-state index contributed by atoms with van der Waals surface area (Å²) >= 11 is 3.59. The number of fused-ring (bicyclic) bond motifs is 1. The standard InChI is InChI=1S/C26H32BrN7O4S2/c1-6-40(37,38)33-10-9-19(14-33)29-23-21(27)13-28-26-24(23)30-25(31-26)20-11-16(3)34(17(20)4)22-12-18(8-7-15(22)2)32-39(5,35)36/h7-8,11-13,19,32H,6,9-10,14H2,1-5H3,(H2,28,29,30,31)/t19-/m0/s1. The third kappa shape index (κ3) is 5.49. The van der Waals surface area contributed by atoms with E-state index in [0.717, 1.165) is 44.6 Å². The Balaban J connectivity index is 1.51. The van der Waals surface area contributed by atoms with Crippen LogP contribution in [-0.2, 0) is 20.0 Å². The quantitative estimate of drug-likeness (QED) is 0.258.